The first kappa shape index (κ1) is 21.1. The van der Waals surface area contributed by atoms with Crippen LogP contribution in [0.5, 0.6) is 0 Å². The van der Waals surface area contributed by atoms with Gasteiger partial charge >= 0.3 is 0 Å². The number of anilines is 2. The summed E-state index contributed by atoms with van der Waals surface area (Å²) in [5, 5.41) is 0.642. The number of nitrogens with two attached hydrogens (primary N) is 1. The molecule has 2 heterocycles. The summed E-state index contributed by atoms with van der Waals surface area (Å²) in [7, 11) is 1.93. The van der Waals surface area contributed by atoms with E-state index in [2.05, 4.69) is 0 Å². The lowest BCUT2D eigenvalue weighted by Crippen LogP contribution is -2.47. The number of imidazole rings is 1. The number of aromatic nitrogens is 2. The first-order valence-electron chi connectivity index (χ1n) is 9.82. The minimum Gasteiger partial charge on any atom is -0.329 e. The molecule has 1 amide bonds. The zero-order chi connectivity index (χ0) is 22.3. The van der Waals surface area contributed by atoms with Crippen LogP contribution in [0, 0.1) is 5.82 Å². The van der Waals surface area contributed by atoms with E-state index < -0.39 is 5.54 Å². The van der Waals surface area contributed by atoms with Crippen molar-refractivity contribution >= 4 is 35.2 Å². The molecule has 1 aromatic heterocycles. The summed E-state index contributed by atoms with van der Waals surface area (Å²) in [4.78, 5) is 20.9. The summed E-state index contributed by atoms with van der Waals surface area (Å²) in [6.07, 6.45) is 3.52. The van der Waals surface area contributed by atoms with E-state index in [1.807, 2.05) is 54.6 Å². The molecule has 2 aromatic carbocycles. The third-order valence-corrected chi connectivity index (χ3v) is 5.74. The molecule has 31 heavy (non-hydrogen) atoms. The van der Waals surface area contributed by atoms with Gasteiger partial charge in [0, 0.05) is 35.7 Å². The van der Waals surface area contributed by atoms with Gasteiger partial charge < -0.3 is 15.5 Å². The van der Waals surface area contributed by atoms with Crippen molar-refractivity contribution in [1.29, 1.82) is 0 Å². The fourth-order valence-electron chi connectivity index (χ4n) is 3.83. The number of rotatable bonds is 4. The van der Waals surface area contributed by atoms with E-state index in [1.165, 1.54) is 12.1 Å². The van der Waals surface area contributed by atoms with E-state index >= 15 is 0 Å². The predicted octanol–water partition coefficient (Wildman–Crippen LogP) is 4.57. The third-order valence-electron chi connectivity index (χ3n) is 5.49. The lowest BCUT2D eigenvalue weighted by atomic mass is 10.0. The smallest absolute Gasteiger partial charge is 0.241 e. The van der Waals surface area contributed by atoms with Gasteiger partial charge in [-0.15, -0.1) is 0 Å². The molecule has 0 spiro atoms. The Bertz CT molecular complexity index is 1150. The first-order valence-corrected chi connectivity index (χ1v) is 10.2. The monoisotopic (exact) mass is 439 g/mol. The quantitative estimate of drug-likeness (QED) is 0.646. The second-order valence-electron chi connectivity index (χ2n) is 7.84. The van der Waals surface area contributed by atoms with Gasteiger partial charge in [-0.05, 0) is 62.4 Å². The molecule has 0 atom stereocenters. The Morgan fingerprint density at radius 3 is 2.39 bits per heavy atom. The number of carbonyl (C=O) groups excluding carboxylic acids is 1. The van der Waals surface area contributed by atoms with Gasteiger partial charge in [-0.3, -0.25) is 9.36 Å². The Labute approximate surface area is 185 Å². The van der Waals surface area contributed by atoms with Crippen LogP contribution in [0.1, 0.15) is 19.7 Å². The summed E-state index contributed by atoms with van der Waals surface area (Å²) in [6, 6.07) is 13.7. The summed E-state index contributed by atoms with van der Waals surface area (Å²) >= 11 is 6.06. The van der Waals surface area contributed by atoms with Gasteiger partial charge in [-0.25, -0.2) is 9.37 Å². The van der Waals surface area contributed by atoms with Crippen molar-refractivity contribution < 1.29 is 9.18 Å². The van der Waals surface area contributed by atoms with E-state index in [4.69, 9.17) is 22.3 Å². The van der Waals surface area contributed by atoms with E-state index in [-0.39, 0.29) is 18.3 Å². The molecule has 1 aliphatic heterocycles. The lowest BCUT2D eigenvalue weighted by molar-refractivity contribution is -0.132. The van der Waals surface area contributed by atoms with E-state index in [1.54, 1.807) is 29.4 Å². The van der Waals surface area contributed by atoms with Crippen molar-refractivity contribution in [3.8, 4) is 11.3 Å². The van der Waals surface area contributed by atoms with Crippen LogP contribution in [-0.2, 0) is 10.3 Å². The molecule has 4 rings (SSSR count). The maximum absolute atomic E-state index is 13.6. The van der Waals surface area contributed by atoms with Gasteiger partial charge in [-0.1, -0.05) is 11.6 Å². The van der Waals surface area contributed by atoms with Gasteiger partial charge in [0.25, 0.3) is 0 Å². The molecular weight excluding hydrogens is 417 g/mol. The second-order valence-corrected chi connectivity index (χ2v) is 8.28. The first-order chi connectivity index (χ1) is 14.7. The maximum atomic E-state index is 13.6. The maximum Gasteiger partial charge on any atom is 0.241 e. The summed E-state index contributed by atoms with van der Waals surface area (Å²) in [5.74, 6) is 0.937. The van der Waals surface area contributed by atoms with Crippen molar-refractivity contribution in [2.24, 2.45) is 5.73 Å². The van der Waals surface area contributed by atoms with Crippen LogP contribution in [0.25, 0.3) is 17.5 Å². The molecule has 0 bridgehead atoms. The highest BCUT2D eigenvalue weighted by Crippen LogP contribution is 2.41. The zero-order valence-corrected chi connectivity index (χ0v) is 18.3. The summed E-state index contributed by atoms with van der Waals surface area (Å²) in [5.41, 5.74) is 7.22. The molecule has 0 radical (unpaired) electrons. The average molecular weight is 440 g/mol. The highest BCUT2D eigenvalue weighted by Gasteiger charge is 2.39. The van der Waals surface area contributed by atoms with Gasteiger partial charge in [-0.2, -0.15) is 0 Å². The normalized spacial score (nSPS) is 14.5. The molecule has 0 saturated heterocycles. The number of amides is 1. The SMILES string of the molecule is CN(c1ccc(Cl)cc1)c1c(-c2ccc(F)cc2)nc2n1C=CN(C(=O)CN)C2(C)C. The number of halogens is 2. The minimum atomic E-state index is -0.737. The van der Waals surface area contributed by atoms with Gasteiger partial charge in [0.2, 0.25) is 5.91 Å². The topological polar surface area (TPSA) is 67.4 Å². The van der Waals surface area contributed by atoms with Crippen LogP contribution in [0.15, 0.2) is 54.7 Å². The Balaban J connectivity index is 1.93. The van der Waals surface area contributed by atoms with Crippen molar-refractivity contribution in [2.75, 3.05) is 18.5 Å². The number of benzene rings is 2. The van der Waals surface area contributed by atoms with E-state index in [9.17, 15) is 9.18 Å². The predicted molar refractivity (Wildman–Crippen MR) is 121 cm³/mol. The second kappa shape index (κ2) is 7.83. The zero-order valence-electron chi connectivity index (χ0n) is 17.5. The summed E-state index contributed by atoms with van der Waals surface area (Å²) in [6.45, 7) is 3.74. The standard InChI is InChI=1S/C23H23ClFN5O/c1-23(2)22-27-20(15-4-8-17(25)9-5-15)21(28(3)18-10-6-16(24)7-11-18)29(22)12-13-30(23)19(31)14-26/h4-13H,14,26H2,1-3H3. The van der Waals surface area contributed by atoms with Crippen molar-refractivity contribution in [3.63, 3.8) is 0 Å². The highest BCUT2D eigenvalue weighted by atomic mass is 35.5. The highest BCUT2D eigenvalue weighted by molar-refractivity contribution is 6.30. The van der Waals surface area contributed by atoms with Crippen LogP contribution < -0.4 is 10.6 Å². The molecular formula is C23H23ClFN5O. The van der Waals surface area contributed by atoms with Crippen molar-refractivity contribution in [3.05, 3.63) is 71.4 Å². The van der Waals surface area contributed by atoms with Gasteiger partial charge in [0.15, 0.2) is 0 Å². The van der Waals surface area contributed by atoms with Gasteiger partial charge in [0.1, 0.15) is 28.7 Å². The fraction of sp³-hybridized carbons (Fsp3) is 0.217. The molecule has 0 unspecified atom stereocenters. The van der Waals surface area contributed by atoms with Gasteiger partial charge in [0.05, 0.1) is 6.54 Å². The molecule has 1 aliphatic rings. The van der Waals surface area contributed by atoms with Crippen molar-refractivity contribution in [2.45, 2.75) is 19.4 Å². The van der Waals surface area contributed by atoms with E-state index in [0.29, 0.717) is 16.5 Å². The molecule has 8 heteroatoms. The van der Waals surface area contributed by atoms with E-state index in [0.717, 1.165) is 17.1 Å². The van der Waals surface area contributed by atoms with Crippen LogP contribution in [-0.4, -0.2) is 34.0 Å². The van der Waals surface area contributed by atoms with Crippen LogP contribution >= 0.6 is 11.6 Å². The largest absolute Gasteiger partial charge is 0.329 e. The third kappa shape index (κ3) is 3.60. The number of nitrogens with zero attached hydrogens (tertiary/aromatic N) is 4. The number of hydrogen-bond acceptors (Lipinski definition) is 4. The molecule has 3 aromatic rings. The van der Waals surface area contributed by atoms with Crippen molar-refractivity contribution in [1.82, 2.24) is 14.5 Å². The average Bonchev–Trinajstić information content (AvgIpc) is 3.15. The Morgan fingerprint density at radius 1 is 1.13 bits per heavy atom. The van der Waals surface area contributed by atoms with Crippen LogP contribution in [0.4, 0.5) is 15.9 Å². The Kier molecular flexibility index (Phi) is 5.33. The molecule has 6 nitrogen and oxygen atoms in total. The Morgan fingerprint density at radius 2 is 1.77 bits per heavy atom. The Hall–Kier alpha value is -3.16. The van der Waals surface area contributed by atoms with Crippen LogP contribution in [0.2, 0.25) is 5.02 Å². The molecule has 2 N–H and O–H groups in total. The lowest BCUT2D eigenvalue weighted by Gasteiger charge is -2.38. The number of fused-ring (bicyclic) bond motifs is 1. The fourth-order valence-corrected chi connectivity index (χ4v) is 3.95. The van der Waals surface area contributed by atoms with Crippen LogP contribution in [0.3, 0.4) is 0 Å². The summed E-state index contributed by atoms with van der Waals surface area (Å²) < 4.78 is 15.5. The molecule has 0 saturated carbocycles. The minimum absolute atomic E-state index is 0.100. The molecule has 0 aliphatic carbocycles. The molecule has 0 fully saturated rings. The number of hydrogen-bond donors (Lipinski definition) is 1. The number of carbonyl (C=O) groups is 1. The molecule has 160 valence electrons.